The lowest BCUT2D eigenvalue weighted by Gasteiger charge is -2.35. The maximum atomic E-state index is 13.6. The van der Waals surface area contributed by atoms with Gasteiger partial charge in [-0.3, -0.25) is 4.90 Å². The first-order chi connectivity index (χ1) is 19.0. The molecular weight excluding hydrogens is 518 g/mol. The van der Waals surface area contributed by atoms with Crippen molar-refractivity contribution >= 4 is 23.5 Å². The molecule has 2 saturated heterocycles. The van der Waals surface area contributed by atoms with Crippen molar-refractivity contribution in [3.63, 3.8) is 0 Å². The molecular formula is C28H36F2N8O2. The van der Waals surface area contributed by atoms with Crippen LogP contribution in [0.3, 0.4) is 0 Å². The van der Waals surface area contributed by atoms with Gasteiger partial charge in [0.15, 0.2) is 5.82 Å². The van der Waals surface area contributed by atoms with Gasteiger partial charge in [0.25, 0.3) is 0 Å². The number of hydrogen-bond acceptors (Lipinski definition) is 9. The van der Waals surface area contributed by atoms with Crippen LogP contribution in [0.1, 0.15) is 25.1 Å². The number of rotatable bonds is 7. The number of nitrogen functional groups attached to an aromatic ring is 1. The third-order valence-electron chi connectivity index (χ3n) is 7.75. The SMILES string of the molecule is Cc1c(/C=C/CN2CCN(c3cc(F)cc(F)c3)CC2)cnn1-c1cc(N2C[C@@H](C(C)(C)O)[C@@H](O)C2)nc(N)n1. The number of aromatic nitrogens is 4. The van der Waals surface area contributed by atoms with E-state index >= 15 is 0 Å². The summed E-state index contributed by atoms with van der Waals surface area (Å²) in [5.74, 6) is -0.257. The van der Waals surface area contributed by atoms with E-state index in [9.17, 15) is 19.0 Å². The zero-order valence-corrected chi connectivity index (χ0v) is 23.0. The first-order valence-corrected chi connectivity index (χ1v) is 13.4. The van der Waals surface area contributed by atoms with Crippen LogP contribution in [0.2, 0.25) is 0 Å². The van der Waals surface area contributed by atoms with Crippen LogP contribution in [0.4, 0.5) is 26.2 Å². The summed E-state index contributed by atoms with van der Waals surface area (Å²) in [6, 6.07) is 5.41. The second-order valence-electron chi connectivity index (χ2n) is 11.1. The quantitative estimate of drug-likeness (QED) is 0.404. The van der Waals surface area contributed by atoms with Gasteiger partial charge in [-0.15, -0.1) is 0 Å². The normalized spacial score (nSPS) is 20.7. The molecule has 0 amide bonds. The Morgan fingerprint density at radius 2 is 1.68 bits per heavy atom. The summed E-state index contributed by atoms with van der Waals surface area (Å²) in [5.41, 5.74) is 7.41. The summed E-state index contributed by atoms with van der Waals surface area (Å²) in [6.45, 7) is 9.80. The van der Waals surface area contributed by atoms with Gasteiger partial charge in [0, 0.05) is 75.1 Å². The number of benzene rings is 1. The topological polar surface area (TPSA) is 120 Å². The minimum absolute atomic E-state index is 0.0980. The van der Waals surface area contributed by atoms with E-state index < -0.39 is 23.3 Å². The molecule has 0 radical (unpaired) electrons. The Bertz CT molecular complexity index is 1360. The number of nitrogens with two attached hydrogens (primary N) is 1. The molecule has 2 aromatic heterocycles. The highest BCUT2D eigenvalue weighted by molar-refractivity contribution is 5.54. The molecule has 2 aliphatic heterocycles. The molecule has 214 valence electrons. The van der Waals surface area contributed by atoms with Gasteiger partial charge in [0.05, 0.1) is 23.6 Å². The Labute approximate surface area is 232 Å². The average Bonchev–Trinajstić information content (AvgIpc) is 3.46. The predicted molar refractivity (Wildman–Crippen MR) is 150 cm³/mol. The number of piperazine rings is 1. The lowest BCUT2D eigenvalue weighted by Crippen LogP contribution is -2.46. The molecule has 2 fully saturated rings. The molecule has 2 atom stereocenters. The lowest BCUT2D eigenvalue weighted by molar-refractivity contribution is -0.0229. The smallest absolute Gasteiger partial charge is 0.224 e. The fourth-order valence-electron chi connectivity index (χ4n) is 5.43. The fourth-order valence-corrected chi connectivity index (χ4v) is 5.43. The minimum atomic E-state index is -1.02. The van der Waals surface area contributed by atoms with Crippen molar-refractivity contribution in [3.05, 3.63) is 59.4 Å². The molecule has 12 heteroatoms. The Morgan fingerprint density at radius 3 is 2.33 bits per heavy atom. The standard InChI is InChI=1S/C28H36F2N8O2/c1-18-19(5-4-6-35-7-9-36(10-8-35)22-12-20(29)11-21(30)13-22)15-32-38(18)26-14-25(33-27(31)34-26)37-16-23(24(39)17-37)28(2,3)40/h4-5,11-15,23-24,39-40H,6-10,16-17H2,1-3H3,(H2,31,33,34)/b5-4+/t23-,24+/m1/s1. The van der Waals surface area contributed by atoms with Crippen LogP contribution in [0.5, 0.6) is 0 Å². The van der Waals surface area contributed by atoms with Gasteiger partial charge < -0.3 is 25.7 Å². The number of β-amino-alcohol motifs (C(OH)–C–C–N with tert-alkyl or cyclic N) is 1. The molecule has 1 aromatic carbocycles. The molecule has 10 nitrogen and oxygen atoms in total. The van der Waals surface area contributed by atoms with Crippen LogP contribution in [-0.4, -0.2) is 92.4 Å². The zero-order valence-electron chi connectivity index (χ0n) is 23.0. The van der Waals surface area contributed by atoms with E-state index in [1.807, 2.05) is 22.8 Å². The summed E-state index contributed by atoms with van der Waals surface area (Å²) in [7, 11) is 0. The van der Waals surface area contributed by atoms with E-state index in [2.05, 4.69) is 26.0 Å². The van der Waals surface area contributed by atoms with Crippen LogP contribution < -0.4 is 15.5 Å². The van der Waals surface area contributed by atoms with Gasteiger partial charge >= 0.3 is 0 Å². The van der Waals surface area contributed by atoms with E-state index in [4.69, 9.17) is 5.73 Å². The van der Waals surface area contributed by atoms with Crippen molar-refractivity contribution in [2.75, 3.05) is 61.3 Å². The Balaban J connectivity index is 1.22. The van der Waals surface area contributed by atoms with Gasteiger partial charge in [0.1, 0.15) is 17.5 Å². The molecule has 40 heavy (non-hydrogen) atoms. The van der Waals surface area contributed by atoms with Crippen molar-refractivity contribution in [2.45, 2.75) is 32.5 Å². The van der Waals surface area contributed by atoms with Crippen molar-refractivity contribution in [1.82, 2.24) is 24.6 Å². The van der Waals surface area contributed by atoms with E-state index in [0.717, 1.165) is 37.0 Å². The number of nitrogens with zero attached hydrogens (tertiary/aromatic N) is 7. The molecule has 0 aliphatic carbocycles. The molecule has 0 spiro atoms. The highest BCUT2D eigenvalue weighted by atomic mass is 19.1. The molecule has 0 unspecified atom stereocenters. The second kappa shape index (κ2) is 11.1. The van der Waals surface area contributed by atoms with Crippen molar-refractivity contribution in [1.29, 1.82) is 0 Å². The fraction of sp³-hybridized carbons (Fsp3) is 0.464. The lowest BCUT2D eigenvalue weighted by atomic mass is 9.89. The average molecular weight is 555 g/mol. The van der Waals surface area contributed by atoms with E-state index in [1.165, 1.54) is 12.1 Å². The van der Waals surface area contributed by atoms with Gasteiger partial charge in [-0.25, -0.2) is 13.5 Å². The number of anilines is 3. The van der Waals surface area contributed by atoms with Crippen molar-refractivity contribution in [3.8, 4) is 5.82 Å². The highest BCUT2D eigenvalue weighted by Gasteiger charge is 2.41. The van der Waals surface area contributed by atoms with Crippen LogP contribution in [0, 0.1) is 24.5 Å². The van der Waals surface area contributed by atoms with Crippen LogP contribution in [-0.2, 0) is 0 Å². The highest BCUT2D eigenvalue weighted by Crippen LogP contribution is 2.31. The van der Waals surface area contributed by atoms with E-state index in [-0.39, 0.29) is 11.9 Å². The van der Waals surface area contributed by atoms with Crippen LogP contribution in [0.15, 0.2) is 36.5 Å². The largest absolute Gasteiger partial charge is 0.391 e. The third-order valence-corrected chi connectivity index (χ3v) is 7.75. The summed E-state index contributed by atoms with van der Waals surface area (Å²) in [6.07, 6.45) is 5.18. The summed E-state index contributed by atoms with van der Waals surface area (Å²) in [5, 5.41) is 25.4. The number of hydrogen-bond donors (Lipinski definition) is 3. The summed E-state index contributed by atoms with van der Waals surface area (Å²) in [4.78, 5) is 14.9. The Kier molecular flexibility index (Phi) is 7.76. The van der Waals surface area contributed by atoms with E-state index in [1.54, 1.807) is 30.8 Å². The van der Waals surface area contributed by atoms with Crippen LogP contribution >= 0.6 is 0 Å². The van der Waals surface area contributed by atoms with Crippen molar-refractivity contribution in [2.24, 2.45) is 5.92 Å². The number of aliphatic hydroxyl groups is 2. The maximum absolute atomic E-state index is 13.6. The zero-order chi connectivity index (χ0) is 28.6. The third kappa shape index (κ3) is 6.08. The first kappa shape index (κ1) is 27.9. The molecule has 4 heterocycles. The predicted octanol–water partition coefficient (Wildman–Crippen LogP) is 2.23. The van der Waals surface area contributed by atoms with Crippen LogP contribution in [0.25, 0.3) is 11.9 Å². The van der Waals surface area contributed by atoms with Crippen molar-refractivity contribution < 1.29 is 19.0 Å². The maximum Gasteiger partial charge on any atom is 0.224 e. The van der Waals surface area contributed by atoms with Gasteiger partial charge in [-0.05, 0) is 32.9 Å². The first-order valence-electron chi connectivity index (χ1n) is 13.4. The Morgan fingerprint density at radius 1 is 1.00 bits per heavy atom. The van der Waals surface area contributed by atoms with E-state index in [0.29, 0.717) is 43.5 Å². The molecule has 2 aliphatic rings. The molecule has 4 N–H and O–H groups in total. The molecule has 0 saturated carbocycles. The van der Waals surface area contributed by atoms with Gasteiger partial charge in [0.2, 0.25) is 5.95 Å². The number of aliphatic hydroxyl groups excluding tert-OH is 1. The van der Waals surface area contributed by atoms with Gasteiger partial charge in [-0.1, -0.05) is 12.2 Å². The minimum Gasteiger partial charge on any atom is -0.391 e. The van der Waals surface area contributed by atoms with Gasteiger partial charge in [-0.2, -0.15) is 15.1 Å². The second-order valence-corrected chi connectivity index (χ2v) is 11.1. The summed E-state index contributed by atoms with van der Waals surface area (Å²) >= 11 is 0. The molecule has 5 rings (SSSR count). The monoisotopic (exact) mass is 554 g/mol. The summed E-state index contributed by atoms with van der Waals surface area (Å²) < 4.78 is 28.9. The Hall–Kier alpha value is -3.61. The molecule has 0 bridgehead atoms. The molecule has 3 aromatic rings. The number of halogens is 2.